The van der Waals surface area contributed by atoms with Gasteiger partial charge in [0, 0.05) is 18.3 Å². The Bertz CT molecular complexity index is 616. The zero-order valence-corrected chi connectivity index (χ0v) is 13.1. The summed E-state index contributed by atoms with van der Waals surface area (Å²) in [5.74, 6) is 0. The molecule has 0 spiro atoms. The smallest absolute Gasteiger partial charge is 0.0817 e. The van der Waals surface area contributed by atoms with Crippen molar-refractivity contribution in [3.63, 3.8) is 0 Å². The van der Waals surface area contributed by atoms with Crippen LogP contribution in [0.3, 0.4) is 0 Å². The van der Waals surface area contributed by atoms with Gasteiger partial charge < -0.3 is 10.6 Å². The summed E-state index contributed by atoms with van der Waals surface area (Å²) in [6.45, 7) is 0.726. The molecule has 2 N–H and O–H groups in total. The minimum atomic E-state index is 0.584. The lowest BCUT2D eigenvalue weighted by molar-refractivity contribution is 0.463. The number of nitrogen functional groups attached to an aromatic ring is 1. The van der Waals surface area contributed by atoms with E-state index in [1.165, 1.54) is 25.7 Å². The number of nitrogens with zero attached hydrogens (tertiary/aromatic N) is 3. The first-order valence-corrected chi connectivity index (χ1v) is 7.81. The number of benzene rings is 1. The van der Waals surface area contributed by atoms with Gasteiger partial charge in [-0.25, -0.2) is 0 Å². The first-order chi connectivity index (χ1) is 10.1. The highest BCUT2D eigenvalue weighted by atomic mass is 35.5. The maximum absolute atomic E-state index is 6.05. The molecule has 0 atom stereocenters. The summed E-state index contributed by atoms with van der Waals surface area (Å²) in [6, 6.07) is 8.22. The highest BCUT2D eigenvalue weighted by Gasteiger charge is 2.18. The van der Waals surface area contributed by atoms with Crippen LogP contribution >= 0.6 is 11.6 Å². The van der Waals surface area contributed by atoms with E-state index in [0.29, 0.717) is 11.1 Å². The molecule has 1 aromatic carbocycles. The van der Waals surface area contributed by atoms with Crippen LogP contribution in [-0.4, -0.2) is 16.8 Å². The molecule has 4 nitrogen and oxygen atoms in total. The van der Waals surface area contributed by atoms with Gasteiger partial charge in [0.1, 0.15) is 0 Å². The van der Waals surface area contributed by atoms with Crippen LogP contribution in [0.5, 0.6) is 0 Å². The van der Waals surface area contributed by atoms with Gasteiger partial charge in [-0.2, -0.15) is 5.10 Å². The molecule has 1 saturated carbocycles. The van der Waals surface area contributed by atoms with Crippen LogP contribution < -0.4 is 10.6 Å². The zero-order valence-electron chi connectivity index (χ0n) is 12.3. The van der Waals surface area contributed by atoms with Crippen LogP contribution in [0, 0.1) is 0 Å². The number of halogens is 1. The van der Waals surface area contributed by atoms with Crippen molar-refractivity contribution in [1.29, 1.82) is 0 Å². The highest BCUT2D eigenvalue weighted by Crippen LogP contribution is 2.29. The summed E-state index contributed by atoms with van der Waals surface area (Å²) in [5, 5.41) is 5.41. The molecule has 1 heterocycles. The maximum atomic E-state index is 6.05. The maximum Gasteiger partial charge on any atom is 0.0817 e. The van der Waals surface area contributed by atoms with E-state index in [2.05, 4.69) is 21.8 Å². The lowest BCUT2D eigenvalue weighted by Gasteiger charge is -2.20. The second-order valence-electron chi connectivity index (χ2n) is 5.78. The molecule has 1 aliphatic rings. The average molecular weight is 305 g/mol. The Morgan fingerprint density at radius 1 is 1.33 bits per heavy atom. The van der Waals surface area contributed by atoms with Crippen LogP contribution in [0.25, 0.3) is 0 Å². The summed E-state index contributed by atoms with van der Waals surface area (Å²) in [7, 11) is 2.01. The van der Waals surface area contributed by atoms with Gasteiger partial charge in [0.15, 0.2) is 0 Å². The second kappa shape index (κ2) is 5.98. The Morgan fingerprint density at radius 2 is 2.10 bits per heavy atom. The molecule has 5 heteroatoms. The quantitative estimate of drug-likeness (QED) is 0.872. The third-order valence-electron chi connectivity index (χ3n) is 4.17. The van der Waals surface area contributed by atoms with E-state index in [-0.39, 0.29) is 0 Å². The second-order valence-corrected chi connectivity index (χ2v) is 6.22. The minimum absolute atomic E-state index is 0.584. The Kier molecular flexibility index (Phi) is 4.06. The molecule has 2 aromatic rings. The number of rotatable bonds is 4. The van der Waals surface area contributed by atoms with E-state index in [1.54, 1.807) is 0 Å². The summed E-state index contributed by atoms with van der Waals surface area (Å²) in [6.07, 6.45) is 7.23. The minimum Gasteiger partial charge on any atom is -0.397 e. The van der Waals surface area contributed by atoms with Gasteiger partial charge in [0.05, 0.1) is 29.7 Å². The predicted octanol–water partition coefficient (Wildman–Crippen LogP) is 3.87. The average Bonchev–Trinajstić information content (AvgIpc) is 3.11. The van der Waals surface area contributed by atoms with Crippen LogP contribution in [0.1, 0.15) is 37.4 Å². The molecule has 0 radical (unpaired) electrons. The topological polar surface area (TPSA) is 47.1 Å². The van der Waals surface area contributed by atoms with Crippen molar-refractivity contribution in [1.82, 2.24) is 9.78 Å². The van der Waals surface area contributed by atoms with Gasteiger partial charge in [0.25, 0.3) is 0 Å². The molecule has 0 saturated heterocycles. The molecule has 21 heavy (non-hydrogen) atoms. The van der Waals surface area contributed by atoms with Gasteiger partial charge in [0.2, 0.25) is 0 Å². The fourth-order valence-electron chi connectivity index (χ4n) is 3.01. The van der Waals surface area contributed by atoms with E-state index in [0.717, 1.165) is 23.6 Å². The molecule has 0 bridgehead atoms. The van der Waals surface area contributed by atoms with E-state index in [4.69, 9.17) is 22.4 Å². The van der Waals surface area contributed by atoms with Crippen molar-refractivity contribution >= 4 is 23.0 Å². The van der Waals surface area contributed by atoms with Crippen molar-refractivity contribution in [3.05, 3.63) is 41.2 Å². The van der Waals surface area contributed by atoms with E-state index < -0.39 is 0 Å². The molecular weight excluding hydrogens is 284 g/mol. The van der Waals surface area contributed by atoms with Gasteiger partial charge in [-0.05, 0) is 37.1 Å². The first kappa shape index (κ1) is 14.3. The number of hydrogen-bond acceptors (Lipinski definition) is 3. The molecule has 1 aliphatic carbocycles. The van der Waals surface area contributed by atoms with Crippen molar-refractivity contribution in [2.75, 3.05) is 17.7 Å². The zero-order chi connectivity index (χ0) is 14.8. The van der Waals surface area contributed by atoms with Crippen LogP contribution in [0.4, 0.5) is 11.4 Å². The summed E-state index contributed by atoms with van der Waals surface area (Å²) in [5.41, 5.74) is 8.76. The summed E-state index contributed by atoms with van der Waals surface area (Å²) in [4.78, 5) is 2.09. The lowest BCUT2D eigenvalue weighted by Crippen LogP contribution is -2.18. The van der Waals surface area contributed by atoms with Gasteiger partial charge in [-0.15, -0.1) is 0 Å². The van der Waals surface area contributed by atoms with Crippen molar-refractivity contribution in [3.8, 4) is 0 Å². The molecule has 1 aromatic heterocycles. The van der Waals surface area contributed by atoms with Crippen LogP contribution in [0.2, 0.25) is 5.02 Å². The molecule has 1 fully saturated rings. The van der Waals surface area contributed by atoms with Crippen LogP contribution in [0.15, 0.2) is 30.5 Å². The van der Waals surface area contributed by atoms with Crippen molar-refractivity contribution < 1.29 is 0 Å². The third-order valence-corrected chi connectivity index (χ3v) is 4.40. The fourth-order valence-corrected chi connectivity index (χ4v) is 3.18. The fraction of sp³-hybridized carbons (Fsp3) is 0.438. The summed E-state index contributed by atoms with van der Waals surface area (Å²) >= 11 is 6.05. The Morgan fingerprint density at radius 3 is 2.86 bits per heavy atom. The number of hydrogen-bond donors (Lipinski definition) is 1. The molecular formula is C16H21ClN4. The molecule has 3 rings (SSSR count). The SMILES string of the molecule is CN(Cc1ccn(C2CCCC2)n1)c1cc(Cl)ccc1N. The number of anilines is 2. The van der Waals surface area contributed by atoms with Gasteiger partial charge in [-0.3, -0.25) is 4.68 Å². The largest absolute Gasteiger partial charge is 0.397 e. The number of nitrogens with two attached hydrogens (primary N) is 1. The van der Waals surface area contributed by atoms with Crippen molar-refractivity contribution in [2.45, 2.75) is 38.3 Å². The van der Waals surface area contributed by atoms with Gasteiger partial charge >= 0.3 is 0 Å². The lowest BCUT2D eigenvalue weighted by atomic mass is 10.2. The molecule has 112 valence electrons. The monoisotopic (exact) mass is 304 g/mol. The Hall–Kier alpha value is -1.68. The molecule has 0 aliphatic heterocycles. The van der Waals surface area contributed by atoms with E-state index in [9.17, 15) is 0 Å². The Labute approximate surface area is 130 Å². The van der Waals surface area contributed by atoms with Gasteiger partial charge in [-0.1, -0.05) is 24.4 Å². The number of aromatic nitrogens is 2. The summed E-state index contributed by atoms with van der Waals surface area (Å²) < 4.78 is 2.12. The first-order valence-electron chi connectivity index (χ1n) is 7.43. The van der Waals surface area contributed by atoms with Crippen LogP contribution in [-0.2, 0) is 6.54 Å². The predicted molar refractivity (Wildman–Crippen MR) is 87.7 cm³/mol. The highest BCUT2D eigenvalue weighted by molar-refractivity contribution is 6.31. The molecule has 0 unspecified atom stereocenters. The Balaban J connectivity index is 1.72. The normalized spacial score (nSPS) is 15.5. The van der Waals surface area contributed by atoms with E-state index >= 15 is 0 Å². The van der Waals surface area contributed by atoms with E-state index in [1.807, 2.05) is 25.2 Å². The standard InChI is InChI=1S/C16H21ClN4/c1-20(16-10-12(17)6-7-15(16)18)11-13-8-9-21(19-13)14-4-2-3-5-14/h6-10,14H,2-5,11,18H2,1H3. The molecule has 0 amide bonds. The third kappa shape index (κ3) is 3.16. The van der Waals surface area contributed by atoms with Crippen molar-refractivity contribution in [2.24, 2.45) is 0 Å².